The standard InChI is InChI=1S/C13H19ClN2/c1-2-12-4-3-7-16(12)9-10-5-6-11(14)8-13(10)15/h5-6,8,12H,2-4,7,9,15H2,1H3. The van der Waals surface area contributed by atoms with Gasteiger partial charge in [-0.2, -0.15) is 0 Å². The lowest BCUT2D eigenvalue weighted by molar-refractivity contribution is 0.240. The van der Waals surface area contributed by atoms with E-state index in [1.54, 1.807) is 0 Å². The minimum atomic E-state index is 0.717. The minimum absolute atomic E-state index is 0.717. The second-order valence-electron chi connectivity index (χ2n) is 4.52. The number of nitrogens with two attached hydrogens (primary N) is 1. The first-order valence-corrected chi connectivity index (χ1v) is 6.36. The van der Waals surface area contributed by atoms with Crippen molar-refractivity contribution in [1.29, 1.82) is 0 Å². The number of likely N-dealkylation sites (tertiary alicyclic amines) is 1. The number of nitrogen functional groups attached to an aromatic ring is 1. The summed E-state index contributed by atoms with van der Waals surface area (Å²) in [6, 6.07) is 6.54. The first kappa shape index (κ1) is 11.7. The number of anilines is 1. The number of halogens is 1. The average Bonchev–Trinajstić information content (AvgIpc) is 2.69. The smallest absolute Gasteiger partial charge is 0.0426 e. The third-order valence-corrected chi connectivity index (χ3v) is 3.69. The molecule has 0 amide bonds. The normalized spacial score (nSPS) is 21.5. The van der Waals surface area contributed by atoms with Crippen LogP contribution in [-0.2, 0) is 6.54 Å². The van der Waals surface area contributed by atoms with Crippen LogP contribution in [-0.4, -0.2) is 17.5 Å². The molecule has 1 aromatic rings. The Bertz CT molecular complexity index is 365. The van der Waals surface area contributed by atoms with Gasteiger partial charge in [0.1, 0.15) is 0 Å². The van der Waals surface area contributed by atoms with Crippen LogP contribution in [0.2, 0.25) is 5.02 Å². The molecule has 0 saturated carbocycles. The van der Waals surface area contributed by atoms with Gasteiger partial charge in [-0.05, 0) is 43.5 Å². The van der Waals surface area contributed by atoms with E-state index < -0.39 is 0 Å². The molecule has 1 fully saturated rings. The van der Waals surface area contributed by atoms with E-state index in [1.165, 1.54) is 31.4 Å². The van der Waals surface area contributed by atoms with Crippen LogP contribution in [0.5, 0.6) is 0 Å². The van der Waals surface area contributed by atoms with Crippen LogP contribution < -0.4 is 5.73 Å². The predicted molar refractivity (Wildman–Crippen MR) is 69.6 cm³/mol. The lowest BCUT2D eigenvalue weighted by atomic mass is 10.1. The molecule has 2 rings (SSSR count). The van der Waals surface area contributed by atoms with Crippen LogP contribution in [0.25, 0.3) is 0 Å². The fourth-order valence-electron chi connectivity index (χ4n) is 2.49. The van der Waals surface area contributed by atoms with Crippen molar-refractivity contribution in [1.82, 2.24) is 4.90 Å². The topological polar surface area (TPSA) is 29.3 Å². The second-order valence-corrected chi connectivity index (χ2v) is 4.95. The molecule has 3 heteroatoms. The van der Waals surface area contributed by atoms with Crippen molar-refractivity contribution in [3.05, 3.63) is 28.8 Å². The molecule has 2 nitrogen and oxygen atoms in total. The highest BCUT2D eigenvalue weighted by Crippen LogP contribution is 2.25. The highest BCUT2D eigenvalue weighted by molar-refractivity contribution is 6.30. The first-order valence-electron chi connectivity index (χ1n) is 5.98. The van der Waals surface area contributed by atoms with Gasteiger partial charge in [0.05, 0.1) is 0 Å². The van der Waals surface area contributed by atoms with Gasteiger partial charge in [0.2, 0.25) is 0 Å². The second kappa shape index (κ2) is 5.07. The van der Waals surface area contributed by atoms with E-state index in [0.717, 1.165) is 23.3 Å². The molecule has 1 aromatic carbocycles. The van der Waals surface area contributed by atoms with Crippen LogP contribution in [0.4, 0.5) is 5.69 Å². The zero-order valence-corrected chi connectivity index (χ0v) is 10.5. The van der Waals surface area contributed by atoms with Gasteiger partial charge in [0.25, 0.3) is 0 Å². The number of hydrogen-bond donors (Lipinski definition) is 1. The molecule has 0 radical (unpaired) electrons. The largest absolute Gasteiger partial charge is 0.398 e. The highest BCUT2D eigenvalue weighted by Gasteiger charge is 2.23. The number of hydrogen-bond acceptors (Lipinski definition) is 2. The molecule has 0 aliphatic carbocycles. The molecule has 88 valence electrons. The molecule has 1 saturated heterocycles. The van der Waals surface area contributed by atoms with E-state index in [4.69, 9.17) is 17.3 Å². The lowest BCUT2D eigenvalue weighted by Crippen LogP contribution is -2.28. The van der Waals surface area contributed by atoms with Gasteiger partial charge >= 0.3 is 0 Å². The van der Waals surface area contributed by atoms with E-state index in [9.17, 15) is 0 Å². The Hall–Kier alpha value is -0.730. The Morgan fingerprint density at radius 3 is 3.00 bits per heavy atom. The van der Waals surface area contributed by atoms with Gasteiger partial charge in [0.15, 0.2) is 0 Å². The van der Waals surface area contributed by atoms with Gasteiger partial charge in [-0.1, -0.05) is 24.6 Å². The van der Waals surface area contributed by atoms with Crippen LogP contribution in [0.1, 0.15) is 31.7 Å². The quantitative estimate of drug-likeness (QED) is 0.819. The number of rotatable bonds is 3. The van der Waals surface area contributed by atoms with Crippen LogP contribution in [0.3, 0.4) is 0 Å². The Kier molecular flexibility index (Phi) is 3.72. The molecule has 1 aliphatic heterocycles. The molecule has 16 heavy (non-hydrogen) atoms. The van der Waals surface area contributed by atoms with Crippen molar-refractivity contribution in [2.75, 3.05) is 12.3 Å². The Labute approximate surface area is 102 Å². The Morgan fingerprint density at radius 1 is 1.50 bits per heavy atom. The summed E-state index contributed by atoms with van der Waals surface area (Å²) in [5.74, 6) is 0. The third-order valence-electron chi connectivity index (χ3n) is 3.45. The summed E-state index contributed by atoms with van der Waals surface area (Å²) in [4.78, 5) is 2.53. The maximum absolute atomic E-state index is 5.98. The Balaban J connectivity index is 2.08. The average molecular weight is 239 g/mol. The zero-order chi connectivity index (χ0) is 11.5. The molecular formula is C13H19ClN2. The van der Waals surface area contributed by atoms with Crippen LogP contribution in [0, 0.1) is 0 Å². The van der Waals surface area contributed by atoms with E-state index in [-0.39, 0.29) is 0 Å². The van der Waals surface area contributed by atoms with Crippen molar-refractivity contribution in [3.8, 4) is 0 Å². The van der Waals surface area contributed by atoms with Gasteiger partial charge < -0.3 is 5.73 Å². The summed E-state index contributed by atoms with van der Waals surface area (Å²) in [7, 11) is 0. The zero-order valence-electron chi connectivity index (χ0n) is 9.75. The molecule has 0 spiro atoms. The molecule has 1 heterocycles. The molecular weight excluding hydrogens is 220 g/mol. The summed E-state index contributed by atoms with van der Waals surface area (Å²) in [6.07, 6.45) is 3.86. The fourth-order valence-corrected chi connectivity index (χ4v) is 2.67. The molecule has 1 atom stereocenters. The van der Waals surface area contributed by atoms with E-state index in [2.05, 4.69) is 11.8 Å². The van der Waals surface area contributed by atoms with Crippen molar-refractivity contribution < 1.29 is 0 Å². The molecule has 0 bridgehead atoms. The lowest BCUT2D eigenvalue weighted by Gasteiger charge is -2.24. The fraction of sp³-hybridized carbons (Fsp3) is 0.538. The SMILES string of the molecule is CCC1CCCN1Cc1ccc(Cl)cc1N. The molecule has 1 aliphatic rings. The van der Waals surface area contributed by atoms with Gasteiger partial charge in [-0.3, -0.25) is 4.90 Å². The summed E-state index contributed by atoms with van der Waals surface area (Å²) < 4.78 is 0. The molecule has 2 N–H and O–H groups in total. The van der Waals surface area contributed by atoms with Gasteiger partial charge in [0, 0.05) is 23.3 Å². The van der Waals surface area contributed by atoms with Crippen molar-refractivity contribution in [2.45, 2.75) is 38.8 Å². The van der Waals surface area contributed by atoms with Gasteiger partial charge in [-0.15, -0.1) is 0 Å². The van der Waals surface area contributed by atoms with Crippen molar-refractivity contribution in [2.24, 2.45) is 0 Å². The van der Waals surface area contributed by atoms with Crippen molar-refractivity contribution >= 4 is 17.3 Å². The first-order chi connectivity index (χ1) is 7.70. The minimum Gasteiger partial charge on any atom is -0.398 e. The Morgan fingerprint density at radius 2 is 2.31 bits per heavy atom. The molecule has 1 unspecified atom stereocenters. The number of nitrogens with zero attached hydrogens (tertiary/aromatic N) is 1. The van der Waals surface area contributed by atoms with E-state index in [0.29, 0.717) is 0 Å². The van der Waals surface area contributed by atoms with E-state index in [1.807, 2.05) is 18.2 Å². The monoisotopic (exact) mass is 238 g/mol. The van der Waals surface area contributed by atoms with E-state index >= 15 is 0 Å². The maximum Gasteiger partial charge on any atom is 0.0426 e. The third kappa shape index (κ3) is 2.50. The van der Waals surface area contributed by atoms with Crippen LogP contribution >= 0.6 is 11.6 Å². The summed E-state index contributed by atoms with van der Waals surface area (Å²) in [5.41, 5.74) is 7.99. The summed E-state index contributed by atoms with van der Waals surface area (Å²) >= 11 is 5.90. The number of benzene rings is 1. The summed E-state index contributed by atoms with van der Waals surface area (Å²) in [6.45, 7) is 4.41. The summed E-state index contributed by atoms with van der Waals surface area (Å²) in [5, 5.41) is 0.717. The van der Waals surface area contributed by atoms with Crippen LogP contribution in [0.15, 0.2) is 18.2 Å². The maximum atomic E-state index is 5.98. The van der Waals surface area contributed by atoms with Gasteiger partial charge in [-0.25, -0.2) is 0 Å². The predicted octanol–water partition coefficient (Wildman–Crippen LogP) is 3.30. The van der Waals surface area contributed by atoms with Crippen molar-refractivity contribution in [3.63, 3.8) is 0 Å². The highest BCUT2D eigenvalue weighted by atomic mass is 35.5. The molecule has 0 aromatic heterocycles.